The van der Waals surface area contributed by atoms with Crippen LogP contribution in [0, 0.1) is 6.92 Å². The first kappa shape index (κ1) is 11.0. The van der Waals surface area contributed by atoms with Crippen molar-refractivity contribution in [2.75, 3.05) is 5.73 Å². The molecule has 0 fully saturated rings. The molecular weight excluding hydrogens is 248 g/mol. The van der Waals surface area contributed by atoms with Gasteiger partial charge >= 0.3 is 0 Å². The van der Waals surface area contributed by atoms with Gasteiger partial charge in [0, 0.05) is 18.0 Å². The van der Waals surface area contributed by atoms with Crippen LogP contribution in [0.4, 0.5) is 5.95 Å². The zero-order chi connectivity index (χ0) is 12.5. The van der Waals surface area contributed by atoms with Crippen LogP contribution in [0.1, 0.15) is 5.56 Å². The van der Waals surface area contributed by atoms with E-state index in [-0.39, 0.29) is 5.95 Å². The van der Waals surface area contributed by atoms with Crippen LogP contribution in [0.5, 0.6) is 0 Å². The fourth-order valence-corrected chi connectivity index (χ4v) is 2.38. The maximum absolute atomic E-state index is 5.59. The van der Waals surface area contributed by atoms with Crippen molar-refractivity contribution >= 4 is 23.4 Å². The molecule has 0 aliphatic rings. The number of rotatable bonds is 2. The lowest BCUT2D eigenvalue weighted by molar-refractivity contribution is 0.912. The SMILES string of the molecule is Cc1cnc(N)nc1Sc1nnc2ccccn12. The summed E-state index contributed by atoms with van der Waals surface area (Å²) >= 11 is 1.42. The van der Waals surface area contributed by atoms with Gasteiger partial charge in [-0.05, 0) is 30.8 Å². The van der Waals surface area contributed by atoms with Gasteiger partial charge in [-0.1, -0.05) is 6.07 Å². The Morgan fingerprint density at radius 2 is 2.17 bits per heavy atom. The summed E-state index contributed by atoms with van der Waals surface area (Å²) in [5.74, 6) is 0.261. The van der Waals surface area contributed by atoms with Gasteiger partial charge in [-0.3, -0.25) is 4.40 Å². The number of pyridine rings is 1. The first-order valence-corrected chi connectivity index (χ1v) is 6.12. The standard InChI is InChI=1S/C11H10N6S/c1-7-6-13-10(12)14-9(7)18-11-16-15-8-4-2-3-5-17(8)11/h2-6H,1H3,(H2,12,13,14). The summed E-state index contributed by atoms with van der Waals surface area (Å²) in [5, 5.41) is 9.77. The summed E-state index contributed by atoms with van der Waals surface area (Å²) < 4.78 is 1.91. The van der Waals surface area contributed by atoms with Gasteiger partial charge in [0.05, 0.1) is 0 Å². The zero-order valence-corrected chi connectivity index (χ0v) is 10.4. The molecule has 0 atom stereocenters. The maximum Gasteiger partial charge on any atom is 0.221 e. The third-order valence-corrected chi connectivity index (χ3v) is 3.48. The number of hydrogen-bond acceptors (Lipinski definition) is 6. The molecule has 3 aromatic heterocycles. The Labute approximate surface area is 107 Å². The molecule has 18 heavy (non-hydrogen) atoms. The van der Waals surface area contributed by atoms with E-state index >= 15 is 0 Å². The zero-order valence-electron chi connectivity index (χ0n) is 9.61. The van der Waals surface area contributed by atoms with E-state index in [1.54, 1.807) is 6.20 Å². The Hall–Kier alpha value is -2.15. The van der Waals surface area contributed by atoms with Gasteiger partial charge in [0.25, 0.3) is 0 Å². The monoisotopic (exact) mass is 258 g/mol. The van der Waals surface area contributed by atoms with Crippen molar-refractivity contribution in [3.8, 4) is 0 Å². The summed E-state index contributed by atoms with van der Waals surface area (Å²) in [7, 11) is 0. The summed E-state index contributed by atoms with van der Waals surface area (Å²) in [6.07, 6.45) is 3.62. The molecule has 3 rings (SSSR count). The molecule has 90 valence electrons. The Bertz CT molecular complexity index is 708. The van der Waals surface area contributed by atoms with Crippen LogP contribution in [0.15, 0.2) is 40.8 Å². The molecule has 0 aliphatic carbocycles. The van der Waals surface area contributed by atoms with Gasteiger partial charge in [0.15, 0.2) is 5.65 Å². The van der Waals surface area contributed by atoms with Crippen LogP contribution in [0.25, 0.3) is 5.65 Å². The van der Waals surface area contributed by atoms with Gasteiger partial charge < -0.3 is 5.73 Å². The van der Waals surface area contributed by atoms with E-state index in [2.05, 4.69) is 20.2 Å². The predicted molar refractivity (Wildman–Crippen MR) is 68.3 cm³/mol. The topological polar surface area (TPSA) is 82.0 Å². The average molecular weight is 258 g/mol. The van der Waals surface area contributed by atoms with Gasteiger partial charge in [0.2, 0.25) is 11.1 Å². The second kappa shape index (κ2) is 4.26. The van der Waals surface area contributed by atoms with Gasteiger partial charge in [0.1, 0.15) is 5.03 Å². The highest BCUT2D eigenvalue weighted by Gasteiger charge is 2.10. The minimum absolute atomic E-state index is 0.261. The molecule has 2 N–H and O–H groups in total. The predicted octanol–water partition coefficient (Wildman–Crippen LogP) is 1.56. The highest BCUT2D eigenvalue weighted by molar-refractivity contribution is 7.99. The molecule has 0 bridgehead atoms. The van der Waals surface area contributed by atoms with E-state index in [9.17, 15) is 0 Å². The summed E-state index contributed by atoms with van der Waals surface area (Å²) in [6.45, 7) is 1.94. The Morgan fingerprint density at radius 3 is 3.06 bits per heavy atom. The van der Waals surface area contributed by atoms with Crippen LogP contribution in [-0.2, 0) is 0 Å². The van der Waals surface area contributed by atoms with Crippen molar-refractivity contribution in [3.05, 3.63) is 36.2 Å². The van der Waals surface area contributed by atoms with Gasteiger partial charge in [-0.25, -0.2) is 9.97 Å². The minimum Gasteiger partial charge on any atom is -0.368 e. The van der Waals surface area contributed by atoms with Crippen LogP contribution in [0.2, 0.25) is 0 Å². The molecule has 0 saturated heterocycles. The second-order valence-corrected chi connectivity index (χ2v) is 4.69. The van der Waals surface area contributed by atoms with E-state index in [1.807, 2.05) is 35.7 Å². The van der Waals surface area contributed by atoms with Crippen LogP contribution in [-0.4, -0.2) is 24.6 Å². The number of aryl methyl sites for hydroxylation is 1. The molecule has 3 heterocycles. The molecule has 6 nitrogen and oxygen atoms in total. The van der Waals surface area contributed by atoms with E-state index in [0.29, 0.717) is 0 Å². The molecule has 3 aromatic rings. The fourth-order valence-electron chi connectivity index (χ4n) is 1.52. The van der Waals surface area contributed by atoms with Crippen molar-refractivity contribution in [2.24, 2.45) is 0 Å². The van der Waals surface area contributed by atoms with E-state index in [0.717, 1.165) is 21.4 Å². The van der Waals surface area contributed by atoms with Crippen molar-refractivity contribution in [1.29, 1.82) is 0 Å². The molecule has 0 saturated carbocycles. The number of nitrogens with zero attached hydrogens (tertiary/aromatic N) is 5. The third-order valence-electron chi connectivity index (χ3n) is 2.41. The highest BCUT2D eigenvalue weighted by atomic mass is 32.2. The number of anilines is 1. The molecule has 0 aliphatic heterocycles. The van der Waals surface area contributed by atoms with Crippen LogP contribution >= 0.6 is 11.8 Å². The first-order chi connectivity index (χ1) is 8.74. The first-order valence-electron chi connectivity index (χ1n) is 5.31. The molecule has 7 heteroatoms. The van der Waals surface area contributed by atoms with Gasteiger partial charge in [-0.15, -0.1) is 10.2 Å². The van der Waals surface area contributed by atoms with Crippen LogP contribution in [0.3, 0.4) is 0 Å². The summed E-state index contributed by atoms with van der Waals surface area (Å²) in [4.78, 5) is 8.14. The lowest BCUT2D eigenvalue weighted by Gasteiger charge is -2.03. The second-order valence-electron chi connectivity index (χ2n) is 3.73. The van der Waals surface area contributed by atoms with E-state index in [4.69, 9.17) is 5.73 Å². The Kier molecular flexibility index (Phi) is 2.60. The fraction of sp³-hybridized carbons (Fsp3) is 0.0909. The number of fused-ring (bicyclic) bond motifs is 1. The average Bonchev–Trinajstić information content (AvgIpc) is 2.78. The number of nitrogens with two attached hydrogens (primary N) is 1. The molecule has 0 unspecified atom stereocenters. The third kappa shape index (κ3) is 1.88. The van der Waals surface area contributed by atoms with E-state index < -0.39 is 0 Å². The number of aromatic nitrogens is 5. The van der Waals surface area contributed by atoms with Crippen molar-refractivity contribution in [1.82, 2.24) is 24.6 Å². The van der Waals surface area contributed by atoms with E-state index in [1.165, 1.54) is 11.8 Å². The quantitative estimate of drug-likeness (QED) is 0.702. The number of hydrogen-bond donors (Lipinski definition) is 1. The highest BCUT2D eigenvalue weighted by Crippen LogP contribution is 2.27. The minimum atomic E-state index is 0.261. The molecule has 0 aromatic carbocycles. The van der Waals surface area contributed by atoms with Crippen LogP contribution < -0.4 is 5.73 Å². The largest absolute Gasteiger partial charge is 0.368 e. The Morgan fingerprint density at radius 1 is 1.28 bits per heavy atom. The lowest BCUT2D eigenvalue weighted by Crippen LogP contribution is -1.98. The lowest BCUT2D eigenvalue weighted by atomic mass is 10.4. The van der Waals surface area contributed by atoms with Gasteiger partial charge in [-0.2, -0.15) is 0 Å². The Balaban J connectivity index is 2.04. The molecule has 0 amide bonds. The normalized spacial score (nSPS) is 10.9. The van der Waals surface area contributed by atoms with Crippen molar-refractivity contribution < 1.29 is 0 Å². The summed E-state index contributed by atoms with van der Waals surface area (Å²) in [6, 6.07) is 5.76. The molecule has 0 radical (unpaired) electrons. The van der Waals surface area contributed by atoms with Crippen molar-refractivity contribution in [2.45, 2.75) is 17.1 Å². The molecule has 0 spiro atoms. The number of nitrogen functional groups attached to an aromatic ring is 1. The molecular formula is C11H10N6S. The van der Waals surface area contributed by atoms with Crippen molar-refractivity contribution in [3.63, 3.8) is 0 Å². The summed E-state index contributed by atoms with van der Waals surface area (Å²) in [5.41, 5.74) is 7.36. The smallest absolute Gasteiger partial charge is 0.221 e. The maximum atomic E-state index is 5.59.